The fraction of sp³-hybridized carbons (Fsp3) is 0.357. The van der Waals surface area contributed by atoms with Crippen LogP contribution in [0.5, 0.6) is 0 Å². The summed E-state index contributed by atoms with van der Waals surface area (Å²) in [6.07, 6.45) is 1.40. The van der Waals surface area contributed by atoms with Gasteiger partial charge in [-0.2, -0.15) is 0 Å². The number of rotatable bonds is 9. The second-order valence-electron chi connectivity index (χ2n) is 4.65. The Morgan fingerprint density at radius 1 is 1.50 bits per heavy atom. The van der Waals surface area contributed by atoms with Crippen molar-refractivity contribution in [1.29, 1.82) is 0 Å². The Morgan fingerprint density at radius 2 is 2.18 bits per heavy atom. The largest absolute Gasteiger partial charge is 0.478 e. The molecule has 1 rings (SSSR count). The van der Waals surface area contributed by atoms with E-state index in [2.05, 4.69) is 16.6 Å². The monoisotopic (exact) mass is 328 g/mol. The summed E-state index contributed by atoms with van der Waals surface area (Å²) in [5.41, 5.74) is 0.212. The van der Waals surface area contributed by atoms with Crippen LogP contribution in [0.4, 0.5) is 5.69 Å². The van der Waals surface area contributed by atoms with Crippen molar-refractivity contribution in [2.45, 2.75) is 17.9 Å². The molecule has 0 aliphatic rings. The Hall–Kier alpha value is -1.90. The van der Waals surface area contributed by atoms with E-state index in [-0.39, 0.29) is 23.0 Å². The van der Waals surface area contributed by atoms with Crippen LogP contribution >= 0.6 is 0 Å². The van der Waals surface area contributed by atoms with E-state index < -0.39 is 16.0 Å². The van der Waals surface area contributed by atoms with Gasteiger partial charge < -0.3 is 15.2 Å². The van der Waals surface area contributed by atoms with E-state index in [9.17, 15) is 18.3 Å². The first kappa shape index (κ1) is 18.1. The normalized spacial score (nSPS) is 12.6. The number of methoxy groups -OCH3 is 1. The molecule has 22 heavy (non-hydrogen) atoms. The van der Waals surface area contributed by atoms with Gasteiger partial charge in [-0.3, -0.25) is 0 Å². The zero-order valence-electron chi connectivity index (χ0n) is 12.5. The number of ether oxygens (including phenoxy) is 1. The standard InChI is InChI=1S/C14H20N2O5S/c1-4-7-15-22(19,20)11-5-6-13(12(8-11)14(17)18)16-10(2)9-21-3/h4-6,8,10,15-16H,1,7,9H2,2-3H3,(H,17,18). The van der Waals surface area contributed by atoms with Gasteiger partial charge >= 0.3 is 5.97 Å². The van der Waals surface area contributed by atoms with Crippen molar-refractivity contribution < 1.29 is 23.1 Å². The number of hydrogen-bond donors (Lipinski definition) is 3. The number of anilines is 1. The molecule has 0 spiro atoms. The third-order valence-electron chi connectivity index (χ3n) is 2.77. The van der Waals surface area contributed by atoms with E-state index in [0.717, 1.165) is 6.07 Å². The summed E-state index contributed by atoms with van der Waals surface area (Å²) in [7, 11) is -2.23. The van der Waals surface area contributed by atoms with Gasteiger partial charge in [0.25, 0.3) is 0 Å². The van der Waals surface area contributed by atoms with Crippen molar-refractivity contribution in [1.82, 2.24) is 4.72 Å². The number of carbonyl (C=O) groups is 1. The zero-order valence-corrected chi connectivity index (χ0v) is 13.3. The average Bonchev–Trinajstić information content (AvgIpc) is 2.45. The minimum Gasteiger partial charge on any atom is -0.478 e. The molecule has 1 unspecified atom stereocenters. The second kappa shape index (κ2) is 7.92. The molecule has 8 heteroatoms. The fourth-order valence-electron chi connectivity index (χ4n) is 1.80. The lowest BCUT2D eigenvalue weighted by atomic mass is 10.1. The van der Waals surface area contributed by atoms with Crippen LogP contribution in [0.25, 0.3) is 0 Å². The lowest BCUT2D eigenvalue weighted by molar-refractivity contribution is 0.0697. The third-order valence-corrected chi connectivity index (χ3v) is 4.19. The highest BCUT2D eigenvalue weighted by atomic mass is 32.2. The van der Waals surface area contributed by atoms with E-state index in [1.807, 2.05) is 6.92 Å². The van der Waals surface area contributed by atoms with Crippen molar-refractivity contribution in [3.05, 3.63) is 36.4 Å². The van der Waals surface area contributed by atoms with Crippen LogP contribution in [-0.4, -0.2) is 45.8 Å². The molecule has 0 aliphatic heterocycles. The molecule has 0 aliphatic carbocycles. The highest BCUT2D eigenvalue weighted by Crippen LogP contribution is 2.21. The van der Waals surface area contributed by atoms with E-state index >= 15 is 0 Å². The summed E-state index contributed by atoms with van der Waals surface area (Å²) in [6.45, 7) is 5.70. The lowest BCUT2D eigenvalue weighted by Crippen LogP contribution is -2.25. The van der Waals surface area contributed by atoms with E-state index in [1.54, 1.807) is 0 Å². The molecule has 0 fully saturated rings. The van der Waals surface area contributed by atoms with Gasteiger partial charge in [0.1, 0.15) is 0 Å². The average molecular weight is 328 g/mol. The lowest BCUT2D eigenvalue weighted by Gasteiger charge is -2.17. The van der Waals surface area contributed by atoms with Crippen molar-refractivity contribution in [3.8, 4) is 0 Å². The van der Waals surface area contributed by atoms with Crippen LogP contribution in [0.1, 0.15) is 17.3 Å². The molecule has 0 aromatic heterocycles. The van der Waals surface area contributed by atoms with Crippen LogP contribution in [0.2, 0.25) is 0 Å². The molecule has 0 radical (unpaired) electrons. The number of carboxylic acids is 1. The Bertz CT molecular complexity index is 643. The smallest absolute Gasteiger partial charge is 0.337 e. The SMILES string of the molecule is C=CCNS(=O)(=O)c1ccc(NC(C)COC)c(C(=O)O)c1. The number of carboxylic acid groups (broad SMARTS) is 1. The Balaban J connectivity index is 3.14. The molecule has 1 atom stereocenters. The first-order valence-corrected chi connectivity index (χ1v) is 8.03. The van der Waals surface area contributed by atoms with Crippen LogP contribution < -0.4 is 10.0 Å². The van der Waals surface area contributed by atoms with Gasteiger partial charge in [-0.1, -0.05) is 6.08 Å². The van der Waals surface area contributed by atoms with Crippen molar-refractivity contribution >= 4 is 21.7 Å². The Labute approximate surface area is 130 Å². The topological polar surface area (TPSA) is 105 Å². The zero-order chi connectivity index (χ0) is 16.8. The molecular weight excluding hydrogens is 308 g/mol. The first-order valence-electron chi connectivity index (χ1n) is 6.55. The predicted octanol–water partition coefficient (Wildman–Crippen LogP) is 1.30. The molecule has 3 N–H and O–H groups in total. The molecule has 0 amide bonds. The van der Waals surface area contributed by atoms with Crippen LogP contribution in [-0.2, 0) is 14.8 Å². The molecule has 1 aromatic rings. The quantitative estimate of drug-likeness (QED) is 0.590. The summed E-state index contributed by atoms with van der Waals surface area (Å²) in [4.78, 5) is 11.2. The van der Waals surface area contributed by atoms with Crippen molar-refractivity contribution in [3.63, 3.8) is 0 Å². The summed E-state index contributed by atoms with van der Waals surface area (Å²) >= 11 is 0. The molecule has 1 aromatic carbocycles. The Kier molecular flexibility index (Phi) is 6.54. The van der Waals surface area contributed by atoms with Gasteiger partial charge in [-0.05, 0) is 25.1 Å². The first-order chi connectivity index (χ1) is 10.3. The summed E-state index contributed by atoms with van der Waals surface area (Å²) in [6, 6.07) is 3.78. The molecule has 7 nitrogen and oxygen atoms in total. The Morgan fingerprint density at radius 3 is 2.73 bits per heavy atom. The number of sulfonamides is 1. The maximum atomic E-state index is 12.0. The molecule has 0 heterocycles. The van der Waals surface area contributed by atoms with Gasteiger partial charge in [-0.15, -0.1) is 6.58 Å². The van der Waals surface area contributed by atoms with Gasteiger partial charge in [0.15, 0.2) is 0 Å². The number of aromatic carboxylic acids is 1. The molecule has 122 valence electrons. The second-order valence-corrected chi connectivity index (χ2v) is 6.42. The number of hydrogen-bond acceptors (Lipinski definition) is 5. The minimum atomic E-state index is -3.77. The predicted molar refractivity (Wildman–Crippen MR) is 83.7 cm³/mol. The maximum Gasteiger partial charge on any atom is 0.337 e. The number of benzene rings is 1. The maximum absolute atomic E-state index is 12.0. The summed E-state index contributed by atoms with van der Waals surface area (Å²) < 4.78 is 31.3. The highest BCUT2D eigenvalue weighted by Gasteiger charge is 2.19. The highest BCUT2D eigenvalue weighted by molar-refractivity contribution is 7.89. The molecule has 0 bridgehead atoms. The van der Waals surface area contributed by atoms with Gasteiger partial charge in [0.2, 0.25) is 10.0 Å². The molecular formula is C14H20N2O5S. The summed E-state index contributed by atoms with van der Waals surface area (Å²) in [5, 5.41) is 12.2. The third kappa shape index (κ3) is 4.83. The number of nitrogens with one attached hydrogen (secondary N) is 2. The fourth-order valence-corrected chi connectivity index (χ4v) is 2.83. The van der Waals surface area contributed by atoms with E-state index in [4.69, 9.17) is 4.74 Å². The minimum absolute atomic E-state index is 0.0651. The molecule has 0 saturated heterocycles. The van der Waals surface area contributed by atoms with Crippen LogP contribution in [0, 0.1) is 0 Å². The van der Waals surface area contributed by atoms with E-state index in [1.165, 1.54) is 25.3 Å². The van der Waals surface area contributed by atoms with Crippen LogP contribution in [0.3, 0.4) is 0 Å². The van der Waals surface area contributed by atoms with Gasteiger partial charge in [0, 0.05) is 25.4 Å². The van der Waals surface area contributed by atoms with Crippen molar-refractivity contribution in [2.75, 3.05) is 25.6 Å². The van der Waals surface area contributed by atoms with Crippen LogP contribution in [0.15, 0.2) is 35.7 Å². The van der Waals surface area contributed by atoms with Gasteiger partial charge in [-0.25, -0.2) is 17.9 Å². The van der Waals surface area contributed by atoms with Gasteiger partial charge in [0.05, 0.1) is 17.1 Å². The molecule has 0 saturated carbocycles. The summed E-state index contributed by atoms with van der Waals surface area (Å²) in [5.74, 6) is -1.21. The van der Waals surface area contributed by atoms with E-state index in [0.29, 0.717) is 12.3 Å². The van der Waals surface area contributed by atoms with Crippen molar-refractivity contribution in [2.24, 2.45) is 0 Å².